The second-order valence-electron chi connectivity index (χ2n) is 5.53. The van der Waals surface area contributed by atoms with Gasteiger partial charge in [-0.2, -0.15) is 0 Å². The van der Waals surface area contributed by atoms with Crippen LogP contribution in [0.25, 0.3) is 0 Å². The van der Waals surface area contributed by atoms with Gasteiger partial charge in [-0.15, -0.1) is 0 Å². The maximum Gasteiger partial charge on any atom is 0.226 e. The van der Waals surface area contributed by atoms with Crippen molar-refractivity contribution in [3.63, 3.8) is 0 Å². The van der Waals surface area contributed by atoms with Crippen LogP contribution in [0.1, 0.15) is 18.0 Å². The van der Waals surface area contributed by atoms with Crippen molar-refractivity contribution in [1.82, 2.24) is 10.2 Å². The molecule has 1 aliphatic rings. The van der Waals surface area contributed by atoms with E-state index in [0.717, 1.165) is 5.56 Å². The molecule has 1 saturated heterocycles. The van der Waals surface area contributed by atoms with Gasteiger partial charge in [0.25, 0.3) is 0 Å². The summed E-state index contributed by atoms with van der Waals surface area (Å²) in [6.07, 6.45) is 0.224. The fraction of sp³-hybridized carbons (Fsp3) is 0.529. The maximum atomic E-state index is 12.5. The van der Waals surface area contributed by atoms with Crippen LogP contribution < -0.4 is 5.32 Å². The fourth-order valence-corrected chi connectivity index (χ4v) is 2.95. The molecule has 6 heteroatoms. The second kappa shape index (κ2) is 8.64. The van der Waals surface area contributed by atoms with Crippen LogP contribution in [0.2, 0.25) is 0 Å². The lowest BCUT2D eigenvalue weighted by atomic mass is 9.93. The molecule has 0 saturated carbocycles. The molecule has 2 atom stereocenters. The summed E-state index contributed by atoms with van der Waals surface area (Å²) in [5.41, 5.74) is 0.973. The van der Waals surface area contributed by atoms with Crippen LogP contribution in [0, 0.1) is 5.92 Å². The molecule has 2 rings (SSSR count). The van der Waals surface area contributed by atoms with Gasteiger partial charge in [0.2, 0.25) is 11.8 Å². The van der Waals surface area contributed by atoms with Gasteiger partial charge >= 0.3 is 0 Å². The van der Waals surface area contributed by atoms with Crippen molar-refractivity contribution in [3.8, 4) is 0 Å². The first kappa shape index (κ1) is 17.4. The Morgan fingerprint density at radius 2 is 1.91 bits per heavy atom. The average Bonchev–Trinajstić information content (AvgIpc) is 2.90. The number of likely N-dealkylation sites (tertiary alicyclic amines) is 1. The van der Waals surface area contributed by atoms with Gasteiger partial charge in [0.15, 0.2) is 0 Å². The molecule has 23 heavy (non-hydrogen) atoms. The summed E-state index contributed by atoms with van der Waals surface area (Å²) >= 11 is 0. The zero-order chi connectivity index (χ0) is 16.7. The van der Waals surface area contributed by atoms with Crippen LogP contribution >= 0.6 is 0 Å². The Morgan fingerprint density at radius 1 is 1.22 bits per heavy atom. The smallest absolute Gasteiger partial charge is 0.226 e. The summed E-state index contributed by atoms with van der Waals surface area (Å²) in [4.78, 5) is 26.6. The summed E-state index contributed by atoms with van der Waals surface area (Å²) in [5.74, 6) is -0.509. The maximum absolute atomic E-state index is 12.5. The number of methoxy groups -OCH3 is 2. The minimum atomic E-state index is -0.390. The molecule has 1 heterocycles. The van der Waals surface area contributed by atoms with Crippen LogP contribution in [0.15, 0.2) is 30.3 Å². The number of hydrogen-bond acceptors (Lipinski definition) is 4. The molecule has 0 bridgehead atoms. The third-order valence-electron chi connectivity index (χ3n) is 4.05. The Kier molecular flexibility index (Phi) is 6.55. The highest BCUT2D eigenvalue weighted by atomic mass is 16.5. The topological polar surface area (TPSA) is 67.9 Å². The number of hydrogen-bond donors (Lipinski definition) is 1. The number of nitrogens with zero attached hydrogens (tertiary/aromatic N) is 1. The van der Waals surface area contributed by atoms with Crippen LogP contribution in [0.4, 0.5) is 0 Å². The molecule has 2 amide bonds. The lowest BCUT2D eigenvalue weighted by Gasteiger charge is -2.28. The molecule has 1 aliphatic heterocycles. The van der Waals surface area contributed by atoms with Crippen molar-refractivity contribution in [3.05, 3.63) is 35.9 Å². The van der Waals surface area contributed by atoms with Crippen molar-refractivity contribution in [2.24, 2.45) is 5.92 Å². The monoisotopic (exact) mass is 320 g/mol. The predicted molar refractivity (Wildman–Crippen MR) is 85.8 cm³/mol. The molecule has 0 aliphatic carbocycles. The van der Waals surface area contributed by atoms with E-state index in [1.54, 1.807) is 19.1 Å². The van der Waals surface area contributed by atoms with Crippen LogP contribution in [0.3, 0.4) is 0 Å². The van der Waals surface area contributed by atoms with E-state index in [9.17, 15) is 9.59 Å². The van der Waals surface area contributed by atoms with Crippen molar-refractivity contribution >= 4 is 11.8 Å². The number of ether oxygens (including phenoxy) is 2. The molecule has 0 unspecified atom stereocenters. The zero-order valence-corrected chi connectivity index (χ0v) is 13.7. The lowest BCUT2D eigenvalue weighted by Crippen LogP contribution is -2.37. The minimum Gasteiger partial charge on any atom is -0.383 e. The first-order valence-corrected chi connectivity index (χ1v) is 7.79. The zero-order valence-electron chi connectivity index (χ0n) is 13.7. The molecule has 6 nitrogen and oxygen atoms in total. The van der Waals surface area contributed by atoms with Gasteiger partial charge in [-0.3, -0.25) is 9.59 Å². The Labute approximate surface area is 136 Å². The number of rotatable bonds is 8. The first-order chi connectivity index (χ1) is 11.2. The van der Waals surface area contributed by atoms with Gasteiger partial charge in [-0.1, -0.05) is 30.3 Å². The lowest BCUT2D eigenvalue weighted by molar-refractivity contribution is -0.129. The number of benzene rings is 1. The summed E-state index contributed by atoms with van der Waals surface area (Å²) < 4.78 is 10.1. The van der Waals surface area contributed by atoms with Crippen LogP contribution in [-0.2, 0) is 19.1 Å². The van der Waals surface area contributed by atoms with Crippen molar-refractivity contribution in [1.29, 1.82) is 0 Å². The van der Waals surface area contributed by atoms with E-state index in [0.29, 0.717) is 26.3 Å². The van der Waals surface area contributed by atoms with E-state index in [1.807, 2.05) is 30.3 Å². The number of nitrogens with one attached hydrogen (secondary N) is 1. The molecule has 1 aromatic carbocycles. The summed E-state index contributed by atoms with van der Waals surface area (Å²) in [6.45, 7) is 1.83. The standard InChI is InChI=1S/C17H24N2O4/c1-22-10-8-18-17(21)14-12-15(20)19(9-11-23-2)16(14)13-6-4-3-5-7-13/h3-7,14,16H,8-12H2,1-2H3,(H,18,21)/t14-,16+/m1/s1. The van der Waals surface area contributed by atoms with Crippen molar-refractivity contribution in [2.75, 3.05) is 40.5 Å². The van der Waals surface area contributed by atoms with Gasteiger partial charge in [-0.25, -0.2) is 0 Å². The Balaban J connectivity index is 2.18. The Hall–Kier alpha value is -1.92. The van der Waals surface area contributed by atoms with Crippen LogP contribution in [0.5, 0.6) is 0 Å². The highest BCUT2D eigenvalue weighted by Gasteiger charge is 2.43. The summed E-state index contributed by atoms with van der Waals surface area (Å²) in [6, 6.07) is 9.44. The molecule has 1 fully saturated rings. The molecular formula is C17H24N2O4. The van der Waals surface area contributed by atoms with E-state index in [1.165, 1.54) is 0 Å². The quantitative estimate of drug-likeness (QED) is 0.725. The third kappa shape index (κ3) is 4.30. The van der Waals surface area contributed by atoms with Gasteiger partial charge in [0, 0.05) is 33.7 Å². The SMILES string of the molecule is COCCNC(=O)[C@@H]1CC(=O)N(CCOC)[C@H]1c1ccccc1. The van der Waals surface area contributed by atoms with E-state index in [-0.39, 0.29) is 24.3 Å². The summed E-state index contributed by atoms with van der Waals surface area (Å²) in [5, 5.41) is 2.85. The number of carbonyl (C=O) groups excluding carboxylic acids is 2. The molecular weight excluding hydrogens is 296 g/mol. The third-order valence-corrected chi connectivity index (χ3v) is 4.05. The minimum absolute atomic E-state index is 0.0113. The summed E-state index contributed by atoms with van der Waals surface area (Å²) in [7, 11) is 3.19. The number of carbonyl (C=O) groups is 2. The Morgan fingerprint density at radius 3 is 2.57 bits per heavy atom. The highest BCUT2D eigenvalue weighted by molar-refractivity contribution is 5.90. The van der Waals surface area contributed by atoms with Crippen molar-refractivity contribution < 1.29 is 19.1 Å². The first-order valence-electron chi connectivity index (χ1n) is 7.79. The van der Waals surface area contributed by atoms with Gasteiger partial charge in [0.05, 0.1) is 25.2 Å². The molecule has 1 N–H and O–H groups in total. The largest absolute Gasteiger partial charge is 0.383 e. The molecule has 0 spiro atoms. The van der Waals surface area contributed by atoms with Gasteiger partial charge in [0.1, 0.15) is 0 Å². The van der Waals surface area contributed by atoms with Crippen LogP contribution in [-0.4, -0.2) is 57.2 Å². The van der Waals surface area contributed by atoms with E-state index in [4.69, 9.17) is 9.47 Å². The van der Waals surface area contributed by atoms with E-state index < -0.39 is 5.92 Å². The molecule has 0 radical (unpaired) electrons. The molecule has 126 valence electrons. The molecule has 0 aromatic heterocycles. The van der Waals surface area contributed by atoms with E-state index >= 15 is 0 Å². The predicted octanol–water partition coefficient (Wildman–Crippen LogP) is 0.985. The molecule has 1 aromatic rings. The average molecular weight is 320 g/mol. The second-order valence-corrected chi connectivity index (χ2v) is 5.53. The fourth-order valence-electron chi connectivity index (χ4n) is 2.95. The van der Waals surface area contributed by atoms with E-state index in [2.05, 4.69) is 5.32 Å². The van der Waals surface area contributed by atoms with Gasteiger partial charge < -0.3 is 19.7 Å². The number of amides is 2. The normalized spacial score (nSPS) is 20.8. The highest BCUT2D eigenvalue weighted by Crippen LogP contribution is 2.37. The Bertz CT molecular complexity index is 521. The van der Waals surface area contributed by atoms with Gasteiger partial charge in [-0.05, 0) is 5.56 Å². The van der Waals surface area contributed by atoms with Crippen molar-refractivity contribution in [2.45, 2.75) is 12.5 Å².